The van der Waals surface area contributed by atoms with Crippen molar-refractivity contribution in [2.75, 3.05) is 12.4 Å². The standard InChI is InChI=1S/C14H20INO/c1-10-8-11(15)6-7-14(10)16-12-4-3-5-13(9-12)17-2/h6-8,12-13,16H,3-5,9H2,1-2H3. The monoisotopic (exact) mass is 345 g/mol. The molecule has 94 valence electrons. The van der Waals surface area contributed by atoms with Gasteiger partial charge in [0.1, 0.15) is 0 Å². The van der Waals surface area contributed by atoms with Crippen LogP contribution in [-0.4, -0.2) is 19.3 Å². The Bertz CT molecular complexity index is 380. The lowest BCUT2D eigenvalue weighted by Crippen LogP contribution is -2.31. The molecule has 2 atom stereocenters. The molecule has 0 spiro atoms. The van der Waals surface area contributed by atoms with Gasteiger partial charge in [0.25, 0.3) is 0 Å². The third-order valence-corrected chi connectivity index (χ3v) is 4.18. The Morgan fingerprint density at radius 2 is 2.18 bits per heavy atom. The normalized spacial score (nSPS) is 24.6. The second-order valence-electron chi connectivity index (χ2n) is 4.82. The number of aryl methyl sites for hydroxylation is 1. The van der Waals surface area contributed by atoms with Gasteiger partial charge in [0.15, 0.2) is 0 Å². The van der Waals surface area contributed by atoms with Crippen LogP contribution in [0, 0.1) is 10.5 Å². The lowest BCUT2D eigenvalue weighted by Gasteiger charge is -2.30. The summed E-state index contributed by atoms with van der Waals surface area (Å²) in [6, 6.07) is 7.13. The van der Waals surface area contributed by atoms with E-state index in [0.29, 0.717) is 12.1 Å². The minimum Gasteiger partial charge on any atom is -0.382 e. The van der Waals surface area contributed by atoms with E-state index in [0.717, 1.165) is 6.42 Å². The van der Waals surface area contributed by atoms with Crippen LogP contribution in [0.25, 0.3) is 0 Å². The van der Waals surface area contributed by atoms with E-state index in [9.17, 15) is 0 Å². The molecule has 0 bridgehead atoms. The molecular formula is C14H20INO. The second kappa shape index (κ2) is 6.05. The summed E-state index contributed by atoms with van der Waals surface area (Å²) in [4.78, 5) is 0. The first-order valence-corrected chi connectivity index (χ1v) is 7.32. The topological polar surface area (TPSA) is 21.3 Å². The Labute approximate surface area is 117 Å². The van der Waals surface area contributed by atoms with Crippen LogP contribution < -0.4 is 5.32 Å². The first-order valence-electron chi connectivity index (χ1n) is 6.24. The summed E-state index contributed by atoms with van der Waals surface area (Å²) in [5.74, 6) is 0. The minimum absolute atomic E-state index is 0.436. The molecule has 1 N–H and O–H groups in total. The molecule has 0 aliphatic heterocycles. The van der Waals surface area contributed by atoms with E-state index >= 15 is 0 Å². The highest BCUT2D eigenvalue weighted by atomic mass is 127. The quantitative estimate of drug-likeness (QED) is 0.837. The van der Waals surface area contributed by atoms with Gasteiger partial charge in [0.2, 0.25) is 0 Å². The Morgan fingerprint density at radius 3 is 2.88 bits per heavy atom. The van der Waals surface area contributed by atoms with Crippen LogP contribution >= 0.6 is 22.6 Å². The van der Waals surface area contributed by atoms with Gasteiger partial charge in [-0.15, -0.1) is 0 Å². The van der Waals surface area contributed by atoms with Gasteiger partial charge >= 0.3 is 0 Å². The third-order valence-electron chi connectivity index (χ3n) is 3.51. The van der Waals surface area contributed by atoms with E-state index in [2.05, 4.69) is 53.0 Å². The molecule has 2 rings (SSSR count). The molecule has 1 saturated carbocycles. The van der Waals surface area contributed by atoms with Crippen molar-refractivity contribution < 1.29 is 4.74 Å². The zero-order valence-electron chi connectivity index (χ0n) is 10.5. The van der Waals surface area contributed by atoms with E-state index in [1.54, 1.807) is 0 Å². The predicted octanol–water partition coefficient (Wildman–Crippen LogP) is 3.97. The number of hydrogen-bond donors (Lipinski definition) is 1. The SMILES string of the molecule is COC1CCCC(Nc2ccc(I)cc2C)C1. The number of benzene rings is 1. The van der Waals surface area contributed by atoms with Crippen molar-refractivity contribution in [3.8, 4) is 0 Å². The number of rotatable bonds is 3. The fourth-order valence-corrected chi connectivity index (χ4v) is 3.15. The second-order valence-corrected chi connectivity index (χ2v) is 6.07. The summed E-state index contributed by atoms with van der Waals surface area (Å²) >= 11 is 2.35. The van der Waals surface area contributed by atoms with Crippen molar-refractivity contribution in [1.29, 1.82) is 0 Å². The first-order chi connectivity index (χ1) is 8.19. The van der Waals surface area contributed by atoms with Gasteiger partial charge in [0.05, 0.1) is 6.10 Å². The number of nitrogens with one attached hydrogen (secondary N) is 1. The lowest BCUT2D eigenvalue weighted by atomic mass is 9.92. The van der Waals surface area contributed by atoms with Gasteiger partial charge < -0.3 is 10.1 Å². The molecule has 0 saturated heterocycles. The van der Waals surface area contributed by atoms with Crippen molar-refractivity contribution in [3.05, 3.63) is 27.3 Å². The van der Waals surface area contributed by atoms with Gasteiger partial charge in [-0.1, -0.05) is 0 Å². The maximum Gasteiger partial charge on any atom is 0.0590 e. The number of halogens is 1. The zero-order valence-corrected chi connectivity index (χ0v) is 12.7. The number of hydrogen-bond acceptors (Lipinski definition) is 2. The van der Waals surface area contributed by atoms with Crippen LogP contribution in [0.15, 0.2) is 18.2 Å². The molecule has 2 unspecified atom stereocenters. The zero-order chi connectivity index (χ0) is 12.3. The van der Waals surface area contributed by atoms with Gasteiger partial charge in [-0.3, -0.25) is 0 Å². The van der Waals surface area contributed by atoms with Crippen LogP contribution in [0.1, 0.15) is 31.2 Å². The Kier molecular flexibility index (Phi) is 4.68. The van der Waals surface area contributed by atoms with Crippen LogP contribution in [0.5, 0.6) is 0 Å². The highest BCUT2D eigenvalue weighted by Crippen LogP contribution is 2.26. The molecular weight excluding hydrogens is 325 g/mol. The fourth-order valence-electron chi connectivity index (χ4n) is 2.50. The number of anilines is 1. The van der Waals surface area contributed by atoms with Gasteiger partial charge in [-0.05, 0) is 79.0 Å². The summed E-state index contributed by atoms with van der Waals surface area (Å²) < 4.78 is 6.76. The highest BCUT2D eigenvalue weighted by molar-refractivity contribution is 14.1. The average molecular weight is 345 g/mol. The summed E-state index contributed by atoms with van der Waals surface area (Å²) in [6.07, 6.45) is 5.29. The molecule has 1 fully saturated rings. The van der Waals surface area contributed by atoms with Crippen LogP contribution in [0.3, 0.4) is 0 Å². The molecule has 0 amide bonds. The van der Waals surface area contributed by atoms with Crippen molar-refractivity contribution in [3.63, 3.8) is 0 Å². The van der Waals surface area contributed by atoms with E-state index in [1.165, 1.54) is 34.1 Å². The summed E-state index contributed by atoms with van der Waals surface area (Å²) in [6.45, 7) is 2.17. The van der Waals surface area contributed by atoms with E-state index in [4.69, 9.17) is 4.74 Å². The smallest absolute Gasteiger partial charge is 0.0590 e. The molecule has 1 aromatic rings. The Balaban J connectivity index is 2.00. The molecule has 0 heterocycles. The largest absolute Gasteiger partial charge is 0.382 e. The molecule has 0 aromatic heterocycles. The minimum atomic E-state index is 0.436. The maximum atomic E-state index is 5.47. The predicted molar refractivity (Wildman–Crippen MR) is 80.6 cm³/mol. The Morgan fingerprint density at radius 1 is 1.35 bits per heavy atom. The molecule has 17 heavy (non-hydrogen) atoms. The average Bonchev–Trinajstić information content (AvgIpc) is 2.33. The van der Waals surface area contributed by atoms with Gasteiger partial charge in [0, 0.05) is 22.4 Å². The Hall–Kier alpha value is -0.290. The van der Waals surface area contributed by atoms with Crippen LogP contribution in [-0.2, 0) is 4.74 Å². The first kappa shape index (κ1) is 13.1. The molecule has 0 radical (unpaired) electrons. The van der Waals surface area contributed by atoms with Crippen LogP contribution in [0.4, 0.5) is 5.69 Å². The maximum absolute atomic E-state index is 5.47. The number of ether oxygens (including phenoxy) is 1. The summed E-state index contributed by atoms with van der Waals surface area (Å²) in [5.41, 5.74) is 2.60. The van der Waals surface area contributed by atoms with E-state index in [1.807, 2.05) is 7.11 Å². The molecule has 1 aromatic carbocycles. The summed E-state index contributed by atoms with van der Waals surface area (Å²) in [7, 11) is 1.82. The molecule has 1 aliphatic carbocycles. The molecule has 1 aliphatic rings. The summed E-state index contributed by atoms with van der Waals surface area (Å²) in [5, 5.41) is 3.66. The van der Waals surface area contributed by atoms with Crippen molar-refractivity contribution in [1.82, 2.24) is 0 Å². The van der Waals surface area contributed by atoms with Crippen molar-refractivity contribution >= 4 is 28.3 Å². The molecule has 3 heteroatoms. The number of methoxy groups -OCH3 is 1. The van der Waals surface area contributed by atoms with Gasteiger partial charge in [-0.25, -0.2) is 0 Å². The lowest BCUT2D eigenvalue weighted by molar-refractivity contribution is 0.0669. The van der Waals surface area contributed by atoms with Crippen LogP contribution in [0.2, 0.25) is 0 Å². The van der Waals surface area contributed by atoms with Crippen molar-refractivity contribution in [2.45, 2.75) is 44.8 Å². The van der Waals surface area contributed by atoms with E-state index in [-0.39, 0.29) is 0 Å². The third kappa shape index (κ3) is 3.58. The molecule has 2 nitrogen and oxygen atoms in total. The highest BCUT2D eigenvalue weighted by Gasteiger charge is 2.21. The van der Waals surface area contributed by atoms with Crippen molar-refractivity contribution in [2.24, 2.45) is 0 Å². The fraction of sp³-hybridized carbons (Fsp3) is 0.571. The van der Waals surface area contributed by atoms with Gasteiger partial charge in [-0.2, -0.15) is 0 Å². The van der Waals surface area contributed by atoms with E-state index < -0.39 is 0 Å².